The highest BCUT2D eigenvalue weighted by atomic mass is 32.2. The van der Waals surface area contributed by atoms with Crippen LogP contribution in [0.4, 0.5) is 0 Å². The van der Waals surface area contributed by atoms with Gasteiger partial charge in [-0.3, -0.25) is 4.79 Å². The van der Waals surface area contributed by atoms with Crippen LogP contribution in [0.25, 0.3) is 0 Å². The predicted octanol–water partition coefficient (Wildman–Crippen LogP) is 0.949. The molecule has 0 atom stereocenters. The quantitative estimate of drug-likeness (QED) is 0.808. The Hall–Kier alpha value is -1.60. The molecule has 0 N–H and O–H groups in total. The molecule has 0 bridgehead atoms. The first-order valence-electron chi connectivity index (χ1n) is 7.46. The molecule has 2 rings (SSSR count). The van der Waals surface area contributed by atoms with Gasteiger partial charge in [-0.2, -0.15) is 0 Å². The van der Waals surface area contributed by atoms with E-state index in [9.17, 15) is 13.2 Å². The second-order valence-electron chi connectivity index (χ2n) is 5.14. The molecule has 1 heterocycles. The molecule has 122 valence electrons. The molecule has 0 aromatic heterocycles. The summed E-state index contributed by atoms with van der Waals surface area (Å²) in [5.41, 5.74) is 0. The molecular weight excluding hydrogens is 304 g/mol. The zero-order valence-electron chi connectivity index (χ0n) is 12.8. The lowest BCUT2D eigenvalue weighted by Crippen LogP contribution is -2.39. The van der Waals surface area contributed by atoms with E-state index in [1.54, 1.807) is 24.0 Å². The maximum atomic E-state index is 12.2. The molecule has 7 heteroatoms. The Morgan fingerprint density at radius 2 is 1.86 bits per heavy atom. The van der Waals surface area contributed by atoms with Gasteiger partial charge in [-0.25, -0.2) is 12.7 Å². The average molecular weight is 326 g/mol. The van der Waals surface area contributed by atoms with E-state index in [4.69, 9.17) is 4.74 Å². The van der Waals surface area contributed by atoms with E-state index in [0.717, 1.165) is 0 Å². The summed E-state index contributed by atoms with van der Waals surface area (Å²) >= 11 is 0. The first-order chi connectivity index (χ1) is 10.5. The van der Waals surface area contributed by atoms with Gasteiger partial charge in [-0.05, 0) is 25.5 Å². The maximum Gasteiger partial charge on any atom is 0.260 e. The molecule has 1 aliphatic rings. The van der Waals surface area contributed by atoms with Crippen LogP contribution in [0.5, 0.6) is 5.75 Å². The van der Waals surface area contributed by atoms with E-state index in [0.29, 0.717) is 38.3 Å². The van der Waals surface area contributed by atoms with Gasteiger partial charge in [0.1, 0.15) is 5.75 Å². The highest BCUT2D eigenvalue weighted by Crippen LogP contribution is 2.11. The molecular formula is C15H22N2O4S. The number of nitrogens with zero attached hydrogens (tertiary/aromatic N) is 2. The van der Waals surface area contributed by atoms with Crippen molar-refractivity contribution in [3.8, 4) is 5.75 Å². The van der Waals surface area contributed by atoms with Gasteiger partial charge in [0, 0.05) is 26.2 Å². The summed E-state index contributed by atoms with van der Waals surface area (Å²) < 4.78 is 30.7. The number of hydrogen-bond donors (Lipinski definition) is 0. The summed E-state index contributed by atoms with van der Waals surface area (Å²) in [6.45, 7) is 3.41. The van der Waals surface area contributed by atoms with Gasteiger partial charge in [0.2, 0.25) is 10.0 Å². The molecule has 22 heavy (non-hydrogen) atoms. The van der Waals surface area contributed by atoms with E-state index < -0.39 is 10.0 Å². The second kappa shape index (κ2) is 7.60. The molecule has 0 aliphatic carbocycles. The predicted molar refractivity (Wildman–Crippen MR) is 84.2 cm³/mol. The molecule has 1 saturated heterocycles. The van der Waals surface area contributed by atoms with Crippen LogP contribution in [-0.2, 0) is 14.8 Å². The lowest BCUT2D eigenvalue weighted by molar-refractivity contribution is -0.133. The van der Waals surface area contributed by atoms with Crippen LogP contribution >= 0.6 is 0 Å². The van der Waals surface area contributed by atoms with Crippen molar-refractivity contribution in [1.82, 2.24) is 9.21 Å². The van der Waals surface area contributed by atoms with Crippen molar-refractivity contribution >= 4 is 15.9 Å². The molecule has 1 fully saturated rings. The zero-order chi connectivity index (χ0) is 16.0. The third kappa shape index (κ3) is 4.45. The fourth-order valence-corrected chi connectivity index (χ4v) is 3.49. The van der Waals surface area contributed by atoms with Crippen molar-refractivity contribution in [2.45, 2.75) is 13.3 Å². The lowest BCUT2D eigenvalue weighted by atomic mass is 10.3. The molecule has 1 aliphatic heterocycles. The van der Waals surface area contributed by atoms with E-state index >= 15 is 0 Å². The van der Waals surface area contributed by atoms with Crippen LogP contribution in [0.1, 0.15) is 13.3 Å². The molecule has 0 unspecified atom stereocenters. The number of sulfonamides is 1. The van der Waals surface area contributed by atoms with Crippen LogP contribution in [0, 0.1) is 0 Å². The number of benzene rings is 1. The van der Waals surface area contributed by atoms with Crippen LogP contribution in [0.15, 0.2) is 30.3 Å². The normalized spacial score (nSPS) is 17.0. The number of rotatable bonds is 5. The van der Waals surface area contributed by atoms with Crippen LogP contribution in [0.3, 0.4) is 0 Å². The topological polar surface area (TPSA) is 66.9 Å². The van der Waals surface area contributed by atoms with Crippen molar-refractivity contribution in [2.75, 3.05) is 38.5 Å². The van der Waals surface area contributed by atoms with Gasteiger partial charge in [0.05, 0.1) is 5.75 Å². The van der Waals surface area contributed by atoms with E-state index in [1.807, 2.05) is 18.2 Å². The molecule has 0 radical (unpaired) electrons. The zero-order valence-corrected chi connectivity index (χ0v) is 13.6. The van der Waals surface area contributed by atoms with Crippen molar-refractivity contribution in [3.63, 3.8) is 0 Å². The van der Waals surface area contributed by atoms with Gasteiger partial charge < -0.3 is 9.64 Å². The van der Waals surface area contributed by atoms with Gasteiger partial charge in [-0.15, -0.1) is 0 Å². The van der Waals surface area contributed by atoms with Crippen molar-refractivity contribution in [1.29, 1.82) is 0 Å². The number of carbonyl (C=O) groups excluding carboxylic acids is 1. The fourth-order valence-electron chi connectivity index (χ4n) is 2.36. The Morgan fingerprint density at radius 1 is 1.14 bits per heavy atom. The summed E-state index contributed by atoms with van der Waals surface area (Å²) in [6.07, 6.45) is 0.649. The monoisotopic (exact) mass is 326 g/mol. The summed E-state index contributed by atoms with van der Waals surface area (Å²) in [5, 5.41) is 0. The Bertz CT molecular complexity index is 589. The molecule has 6 nitrogen and oxygen atoms in total. The van der Waals surface area contributed by atoms with Gasteiger partial charge in [0.25, 0.3) is 5.91 Å². The van der Waals surface area contributed by atoms with Crippen LogP contribution in [-0.4, -0.2) is 62.1 Å². The van der Waals surface area contributed by atoms with Gasteiger partial charge >= 0.3 is 0 Å². The van der Waals surface area contributed by atoms with Crippen LogP contribution < -0.4 is 4.74 Å². The minimum atomic E-state index is -3.18. The first-order valence-corrected chi connectivity index (χ1v) is 9.07. The summed E-state index contributed by atoms with van der Waals surface area (Å²) in [6, 6.07) is 9.17. The Labute approximate surface area is 131 Å². The fraction of sp³-hybridized carbons (Fsp3) is 0.533. The number of para-hydroxylation sites is 1. The third-order valence-corrected chi connectivity index (χ3v) is 5.55. The lowest BCUT2D eigenvalue weighted by Gasteiger charge is -2.21. The van der Waals surface area contributed by atoms with E-state index in [1.165, 1.54) is 4.31 Å². The number of ether oxygens (including phenoxy) is 1. The Kier molecular flexibility index (Phi) is 5.79. The molecule has 1 aromatic rings. The highest BCUT2D eigenvalue weighted by molar-refractivity contribution is 7.89. The van der Waals surface area contributed by atoms with Crippen molar-refractivity contribution in [3.05, 3.63) is 30.3 Å². The maximum absolute atomic E-state index is 12.2. The third-order valence-electron chi connectivity index (χ3n) is 3.67. The van der Waals surface area contributed by atoms with E-state index in [2.05, 4.69) is 0 Å². The number of carbonyl (C=O) groups is 1. The molecule has 1 amide bonds. The summed E-state index contributed by atoms with van der Waals surface area (Å²) in [5.74, 6) is 0.637. The second-order valence-corrected chi connectivity index (χ2v) is 7.39. The summed E-state index contributed by atoms with van der Waals surface area (Å²) in [7, 11) is -3.18. The number of amides is 1. The van der Waals surface area contributed by atoms with Crippen LogP contribution in [0.2, 0.25) is 0 Å². The minimum absolute atomic E-state index is 0.0233. The van der Waals surface area contributed by atoms with Gasteiger partial charge in [0.15, 0.2) is 6.61 Å². The number of hydrogen-bond acceptors (Lipinski definition) is 4. The average Bonchev–Trinajstić information content (AvgIpc) is 2.80. The summed E-state index contributed by atoms with van der Waals surface area (Å²) in [4.78, 5) is 13.9. The van der Waals surface area contributed by atoms with Crippen molar-refractivity contribution in [2.24, 2.45) is 0 Å². The SMILES string of the molecule is CCS(=O)(=O)N1CCCN(C(=O)COc2ccccc2)CC1. The highest BCUT2D eigenvalue weighted by Gasteiger charge is 2.25. The smallest absolute Gasteiger partial charge is 0.260 e. The largest absolute Gasteiger partial charge is 0.484 e. The van der Waals surface area contributed by atoms with E-state index in [-0.39, 0.29) is 18.3 Å². The first kappa shape index (κ1) is 16.8. The minimum Gasteiger partial charge on any atom is -0.484 e. The Morgan fingerprint density at radius 3 is 2.55 bits per heavy atom. The van der Waals surface area contributed by atoms with Crippen molar-refractivity contribution < 1.29 is 17.9 Å². The molecule has 0 saturated carbocycles. The Balaban J connectivity index is 1.87. The molecule has 0 spiro atoms. The standard InChI is InChI=1S/C15H22N2O4S/c1-2-22(19,20)17-10-6-9-16(11-12-17)15(18)13-21-14-7-4-3-5-8-14/h3-5,7-8H,2,6,9-13H2,1H3. The molecule has 1 aromatic carbocycles. The van der Waals surface area contributed by atoms with Gasteiger partial charge in [-0.1, -0.05) is 18.2 Å².